The van der Waals surface area contributed by atoms with Crippen LogP contribution in [-0.2, 0) is 0 Å². The highest BCUT2D eigenvalue weighted by molar-refractivity contribution is 6.15. The fourth-order valence-electron chi connectivity index (χ4n) is 1.34. The number of hydrogen-bond acceptors (Lipinski definition) is 6. The van der Waals surface area contributed by atoms with E-state index in [0.717, 1.165) is 5.56 Å². The van der Waals surface area contributed by atoms with Crippen molar-refractivity contribution in [2.45, 2.75) is 6.92 Å². The van der Waals surface area contributed by atoms with E-state index < -0.39 is 0 Å². The number of aryl methyl sites for hydroxylation is 1. The smallest absolute Gasteiger partial charge is 0.297 e. The van der Waals surface area contributed by atoms with Gasteiger partial charge in [-0.25, -0.2) is 5.32 Å². The minimum absolute atomic E-state index is 0.269. The van der Waals surface area contributed by atoms with Crippen molar-refractivity contribution in [1.82, 2.24) is 20.4 Å². The molecule has 0 saturated heterocycles. The van der Waals surface area contributed by atoms with Crippen molar-refractivity contribution in [2.24, 2.45) is 10.2 Å². The molecule has 3 heterocycles. The molecule has 0 amide bonds. The maximum Gasteiger partial charge on any atom is 0.297 e. The van der Waals surface area contributed by atoms with Gasteiger partial charge in [0.1, 0.15) is 0 Å². The average Bonchev–Trinajstić information content (AvgIpc) is 2.98. The maximum absolute atomic E-state index is 4.96. The zero-order chi connectivity index (χ0) is 11.7. The summed E-state index contributed by atoms with van der Waals surface area (Å²) in [6.45, 7) is 1.73. The normalized spacial score (nSPS) is 14.2. The molecule has 1 aliphatic heterocycles. The van der Waals surface area contributed by atoms with Crippen LogP contribution in [0.2, 0.25) is 0 Å². The molecule has 7 heteroatoms. The quantitative estimate of drug-likeness (QED) is 0.746. The van der Waals surface area contributed by atoms with Gasteiger partial charge in [-0.2, -0.15) is 4.98 Å². The van der Waals surface area contributed by atoms with Gasteiger partial charge in [-0.05, 0) is 19.1 Å². The number of pyridine rings is 1. The Morgan fingerprint density at radius 1 is 1.18 bits per heavy atom. The van der Waals surface area contributed by atoms with E-state index in [0.29, 0.717) is 17.5 Å². The van der Waals surface area contributed by atoms with Crippen molar-refractivity contribution in [3.8, 4) is 0 Å². The molecule has 0 saturated carbocycles. The van der Waals surface area contributed by atoms with Crippen LogP contribution in [-0.4, -0.2) is 26.8 Å². The molecule has 1 radical (unpaired) electrons. The van der Waals surface area contributed by atoms with Gasteiger partial charge >= 0.3 is 0 Å². The van der Waals surface area contributed by atoms with Gasteiger partial charge < -0.3 is 4.52 Å². The van der Waals surface area contributed by atoms with E-state index in [1.54, 1.807) is 19.3 Å². The van der Waals surface area contributed by atoms with Crippen LogP contribution in [0.3, 0.4) is 0 Å². The van der Waals surface area contributed by atoms with Crippen LogP contribution < -0.4 is 5.32 Å². The number of hydrogen-bond donors (Lipinski definition) is 0. The molecule has 0 unspecified atom stereocenters. The molecule has 7 nitrogen and oxygen atoms in total. The van der Waals surface area contributed by atoms with E-state index >= 15 is 0 Å². The molecular weight excluding hydrogens is 220 g/mol. The van der Waals surface area contributed by atoms with Crippen molar-refractivity contribution in [2.75, 3.05) is 0 Å². The number of rotatable bonds is 2. The van der Waals surface area contributed by atoms with Crippen molar-refractivity contribution in [3.05, 3.63) is 41.8 Å². The Morgan fingerprint density at radius 3 is 2.76 bits per heavy atom. The van der Waals surface area contributed by atoms with Gasteiger partial charge in [0.05, 0.1) is 0 Å². The van der Waals surface area contributed by atoms with E-state index in [9.17, 15) is 0 Å². The summed E-state index contributed by atoms with van der Waals surface area (Å²) >= 11 is 0. The third-order valence-electron chi connectivity index (χ3n) is 2.09. The number of aromatic nitrogens is 3. The Balaban J connectivity index is 1.81. The molecule has 83 valence electrons. The Hall–Kier alpha value is -2.57. The SMILES string of the molecule is Cc1noc(C2=NN=C(c3cccnc3)[N]2)n1. The van der Waals surface area contributed by atoms with Crippen molar-refractivity contribution < 1.29 is 4.52 Å². The number of nitrogens with zero attached hydrogens (tertiary/aromatic N) is 6. The lowest BCUT2D eigenvalue weighted by molar-refractivity contribution is 0.405. The maximum atomic E-state index is 4.96. The van der Waals surface area contributed by atoms with Crippen LogP contribution in [0, 0.1) is 6.92 Å². The first-order valence-corrected chi connectivity index (χ1v) is 4.91. The summed E-state index contributed by atoms with van der Waals surface area (Å²) in [6, 6.07) is 3.66. The van der Waals surface area contributed by atoms with Gasteiger partial charge in [-0.3, -0.25) is 4.98 Å². The van der Waals surface area contributed by atoms with Crippen LogP contribution in [0.15, 0.2) is 39.3 Å². The average molecular weight is 227 g/mol. The summed E-state index contributed by atoms with van der Waals surface area (Å²) in [6.07, 6.45) is 3.35. The summed E-state index contributed by atoms with van der Waals surface area (Å²) in [5.41, 5.74) is 0.794. The van der Waals surface area contributed by atoms with Gasteiger partial charge in [0.2, 0.25) is 5.84 Å². The largest absolute Gasteiger partial charge is 0.330 e. The summed E-state index contributed by atoms with van der Waals surface area (Å²) in [7, 11) is 0. The molecule has 0 N–H and O–H groups in total. The zero-order valence-corrected chi connectivity index (χ0v) is 8.90. The second kappa shape index (κ2) is 3.78. The molecule has 2 aromatic rings. The lowest BCUT2D eigenvalue weighted by Crippen LogP contribution is -2.20. The molecule has 2 aromatic heterocycles. The summed E-state index contributed by atoms with van der Waals surface area (Å²) in [5, 5.41) is 15.7. The molecular formula is C10H7N6O. The lowest BCUT2D eigenvalue weighted by atomic mass is 10.2. The highest BCUT2D eigenvalue weighted by Crippen LogP contribution is 2.08. The van der Waals surface area contributed by atoms with Crippen molar-refractivity contribution in [1.29, 1.82) is 0 Å². The van der Waals surface area contributed by atoms with Gasteiger partial charge in [0.15, 0.2) is 11.7 Å². The fraction of sp³-hybridized carbons (Fsp3) is 0.100. The predicted molar refractivity (Wildman–Crippen MR) is 58.5 cm³/mol. The second-order valence-electron chi connectivity index (χ2n) is 3.35. The molecule has 0 aromatic carbocycles. The van der Waals surface area contributed by atoms with E-state index in [1.165, 1.54) is 0 Å². The Kier molecular flexibility index (Phi) is 2.14. The molecule has 0 aliphatic carbocycles. The van der Waals surface area contributed by atoms with Crippen molar-refractivity contribution >= 4 is 11.7 Å². The van der Waals surface area contributed by atoms with E-state index in [4.69, 9.17) is 4.52 Å². The molecule has 0 spiro atoms. The first-order valence-electron chi connectivity index (χ1n) is 4.91. The van der Waals surface area contributed by atoms with Crippen LogP contribution in [0.4, 0.5) is 0 Å². The molecule has 0 atom stereocenters. The zero-order valence-electron chi connectivity index (χ0n) is 8.90. The van der Waals surface area contributed by atoms with E-state index in [-0.39, 0.29) is 5.89 Å². The summed E-state index contributed by atoms with van der Waals surface area (Å²) in [4.78, 5) is 8.02. The Bertz CT molecular complexity index is 600. The van der Waals surface area contributed by atoms with Crippen LogP contribution >= 0.6 is 0 Å². The van der Waals surface area contributed by atoms with E-state index in [2.05, 4.69) is 30.6 Å². The van der Waals surface area contributed by atoms with Gasteiger partial charge in [-0.1, -0.05) is 5.16 Å². The van der Waals surface area contributed by atoms with Gasteiger partial charge in [0, 0.05) is 18.0 Å². The minimum Gasteiger partial charge on any atom is -0.330 e. The van der Waals surface area contributed by atoms with Crippen LogP contribution in [0.5, 0.6) is 0 Å². The third-order valence-corrected chi connectivity index (χ3v) is 2.09. The molecule has 3 rings (SSSR count). The molecule has 0 fully saturated rings. The predicted octanol–water partition coefficient (Wildman–Crippen LogP) is 0.499. The second-order valence-corrected chi connectivity index (χ2v) is 3.35. The fourth-order valence-corrected chi connectivity index (χ4v) is 1.34. The van der Waals surface area contributed by atoms with Crippen molar-refractivity contribution in [3.63, 3.8) is 0 Å². The minimum atomic E-state index is 0.269. The molecule has 0 bridgehead atoms. The van der Waals surface area contributed by atoms with Crippen LogP contribution in [0.1, 0.15) is 17.3 Å². The Labute approximate surface area is 96.3 Å². The standard InChI is InChI=1S/C10H7N6O/c1-6-12-10(17-16-6)9-13-8(14-15-9)7-3-2-4-11-5-7/h2-5H,1H3. The summed E-state index contributed by atoms with van der Waals surface area (Å²) in [5.74, 6) is 1.62. The van der Waals surface area contributed by atoms with Gasteiger partial charge in [0.25, 0.3) is 5.89 Å². The van der Waals surface area contributed by atoms with E-state index in [1.807, 2.05) is 12.1 Å². The highest BCUT2D eigenvalue weighted by Gasteiger charge is 2.21. The molecule has 1 aliphatic rings. The highest BCUT2D eigenvalue weighted by atomic mass is 16.5. The number of amidine groups is 2. The first kappa shape index (κ1) is 9.64. The Morgan fingerprint density at radius 2 is 2.06 bits per heavy atom. The molecule has 17 heavy (non-hydrogen) atoms. The van der Waals surface area contributed by atoms with Crippen LogP contribution in [0.25, 0.3) is 0 Å². The lowest BCUT2D eigenvalue weighted by Gasteiger charge is -1.97. The first-order chi connectivity index (χ1) is 8.33. The summed E-state index contributed by atoms with van der Waals surface area (Å²) < 4.78 is 4.96. The monoisotopic (exact) mass is 227 g/mol. The third kappa shape index (κ3) is 1.78. The topological polar surface area (TPSA) is 90.6 Å². The van der Waals surface area contributed by atoms with Gasteiger partial charge in [-0.15, -0.1) is 10.2 Å².